The van der Waals surface area contributed by atoms with Crippen molar-refractivity contribution in [2.24, 2.45) is 0 Å². The smallest absolute Gasteiger partial charge is 0.306 e. The second kappa shape index (κ2) is 69.8. The molecule has 0 aromatic carbocycles. The van der Waals surface area contributed by atoms with Crippen molar-refractivity contribution in [3.63, 3.8) is 0 Å². The highest BCUT2D eigenvalue weighted by atomic mass is 16.6. The maximum absolute atomic E-state index is 13.0. The molecule has 0 rings (SSSR count). The van der Waals surface area contributed by atoms with Gasteiger partial charge >= 0.3 is 17.9 Å². The molecule has 82 heavy (non-hydrogen) atoms. The molecule has 6 nitrogen and oxygen atoms in total. The van der Waals surface area contributed by atoms with Crippen LogP contribution in [0.2, 0.25) is 0 Å². The number of hydrogen-bond acceptors (Lipinski definition) is 6. The van der Waals surface area contributed by atoms with Crippen LogP contribution in [0.25, 0.3) is 0 Å². The first-order valence-electron chi connectivity index (χ1n) is 35.2. The Bertz CT molecular complexity index is 1590. The third-order valence-corrected chi connectivity index (χ3v) is 15.3. The number of allylic oxidation sites excluding steroid dienone is 16. The Morgan fingerprint density at radius 1 is 0.256 bits per heavy atom. The molecule has 0 aliphatic heterocycles. The fourth-order valence-corrected chi connectivity index (χ4v) is 10.1. The summed E-state index contributed by atoms with van der Waals surface area (Å²) in [4.78, 5) is 38.5. The molecular formula is C76H132O6. The van der Waals surface area contributed by atoms with E-state index in [2.05, 4.69) is 118 Å². The Kier molecular flexibility index (Phi) is 66.7. The third kappa shape index (κ3) is 67.1. The normalized spacial score (nSPS) is 12.7. The zero-order valence-electron chi connectivity index (χ0n) is 54.2. The maximum Gasteiger partial charge on any atom is 0.306 e. The van der Waals surface area contributed by atoms with E-state index in [-0.39, 0.29) is 31.1 Å². The molecule has 1 atom stereocenters. The molecule has 0 N–H and O–H groups in total. The number of unbranched alkanes of at least 4 members (excludes halogenated alkanes) is 37. The molecule has 0 amide bonds. The minimum absolute atomic E-state index is 0.0812. The van der Waals surface area contributed by atoms with Crippen molar-refractivity contribution in [2.45, 2.75) is 354 Å². The van der Waals surface area contributed by atoms with E-state index in [1.54, 1.807) is 0 Å². The minimum Gasteiger partial charge on any atom is -0.462 e. The van der Waals surface area contributed by atoms with Crippen molar-refractivity contribution in [3.8, 4) is 0 Å². The lowest BCUT2D eigenvalue weighted by Crippen LogP contribution is -2.30. The van der Waals surface area contributed by atoms with Crippen molar-refractivity contribution in [2.75, 3.05) is 13.2 Å². The molecule has 0 radical (unpaired) electrons. The average molecular weight is 1140 g/mol. The Morgan fingerprint density at radius 2 is 0.476 bits per heavy atom. The lowest BCUT2D eigenvalue weighted by molar-refractivity contribution is -0.167. The summed E-state index contributed by atoms with van der Waals surface area (Å²) in [5.41, 5.74) is 0. The average Bonchev–Trinajstić information content (AvgIpc) is 3.47. The minimum atomic E-state index is -0.785. The third-order valence-electron chi connectivity index (χ3n) is 15.3. The number of hydrogen-bond donors (Lipinski definition) is 0. The van der Waals surface area contributed by atoms with Crippen LogP contribution in [0.3, 0.4) is 0 Å². The Morgan fingerprint density at radius 3 is 0.768 bits per heavy atom. The van der Waals surface area contributed by atoms with E-state index >= 15 is 0 Å². The first-order valence-corrected chi connectivity index (χ1v) is 35.2. The van der Waals surface area contributed by atoms with Crippen molar-refractivity contribution < 1.29 is 28.6 Å². The Balaban J connectivity index is 4.36. The van der Waals surface area contributed by atoms with E-state index in [1.807, 2.05) is 0 Å². The SMILES string of the molecule is CC/C=C\C/C=C\C/C=C\C/C=C\C/C=C\C/C=C\CCCCCCCCCCC(=O)OCC(COC(=O)CCCCCCCCC/C=C\C/C=C\CCCCC)OC(=O)CCCCCCCCCCCCCCCCCCCCCC. The number of ether oxygens (including phenoxy) is 3. The van der Waals surface area contributed by atoms with Gasteiger partial charge in [-0.1, -0.05) is 323 Å². The summed E-state index contributed by atoms with van der Waals surface area (Å²) in [6.07, 6.45) is 94.2. The summed E-state index contributed by atoms with van der Waals surface area (Å²) in [5, 5.41) is 0. The van der Waals surface area contributed by atoms with Crippen molar-refractivity contribution in [3.05, 3.63) is 97.2 Å². The molecule has 1 unspecified atom stereocenters. The summed E-state index contributed by atoms with van der Waals surface area (Å²) in [6.45, 7) is 6.54. The van der Waals surface area contributed by atoms with Crippen LogP contribution < -0.4 is 0 Å². The molecule has 6 heteroatoms. The predicted octanol–water partition coefficient (Wildman–Crippen LogP) is 24.4. The molecule has 0 aromatic rings. The van der Waals surface area contributed by atoms with Gasteiger partial charge in [0.25, 0.3) is 0 Å². The van der Waals surface area contributed by atoms with Gasteiger partial charge in [-0.2, -0.15) is 0 Å². The van der Waals surface area contributed by atoms with Crippen LogP contribution in [0, 0.1) is 0 Å². The first-order chi connectivity index (χ1) is 40.5. The fraction of sp³-hybridized carbons (Fsp3) is 0.750. The van der Waals surface area contributed by atoms with E-state index in [4.69, 9.17) is 14.2 Å². The summed E-state index contributed by atoms with van der Waals surface area (Å²) < 4.78 is 17.0. The molecule has 472 valence electrons. The summed E-state index contributed by atoms with van der Waals surface area (Å²) in [5.74, 6) is -0.878. The fourth-order valence-electron chi connectivity index (χ4n) is 10.1. The number of rotatable bonds is 64. The standard InChI is InChI=1S/C76H132O6/c1-4-7-10-13-16-19-22-25-28-31-33-35-36-37-38-39-40-41-43-45-48-51-54-57-60-63-66-69-75(78)81-72-73(71-80-74(77)68-65-62-59-56-53-50-47-44-30-27-24-21-18-15-12-9-6-3)82-76(79)70-67-64-61-58-55-52-49-46-42-34-32-29-26-23-20-17-14-11-8-5-2/h7,10,16,18-19,21,25,27-28,30,33,35,37-38,40-41,73H,4-6,8-9,11-15,17,20,22-24,26,29,31-32,34,36,39,42-72H2,1-3H3/b10-7-,19-16-,21-18-,28-25-,30-27-,35-33-,38-37-,41-40-. The number of carbonyl (C=O) groups excluding carboxylic acids is 3. The molecule has 0 saturated heterocycles. The van der Waals surface area contributed by atoms with E-state index in [1.165, 1.54) is 193 Å². The van der Waals surface area contributed by atoms with Gasteiger partial charge in [-0.3, -0.25) is 14.4 Å². The quantitative estimate of drug-likeness (QED) is 0.0261. The van der Waals surface area contributed by atoms with Gasteiger partial charge in [-0.25, -0.2) is 0 Å². The van der Waals surface area contributed by atoms with Gasteiger partial charge in [0.05, 0.1) is 0 Å². The summed E-state index contributed by atoms with van der Waals surface area (Å²) in [6, 6.07) is 0. The first kappa shape index (κ1) is 78.3. The summed E-state index contributed by atoms with van der Waals surface area (Å²) in [7, 11) is 0. The van der Waals surface area contributed by atoms with Crippen LogP contribution in [0.4, 0.5) is 0 Å². The van der Waals surface area contributed by atoms with Gasteiger partial charge in [0, 0.05) is 19.3 Å². The number of carbonyl (C=O) groups is 3. The molecule has 0 aromatic heterocycles. The number of esters is 3. The lowest BCUT2D eigenvalue weighted by atomic mass is 10.0. The molecule has 0 spiro atoms. The lowest BCUT2D eigenvalue weighted by Gasteiger charge is -2.18. The van der Waals surface area contributed by atoms with Gasteiger partial charge in [-0.05, 0) is 103 Å². The highest BCUT2D eigenvalue weighted by Crippen LogP contribution is 2.17. The van der Waals surface area contributed by atoms with E-state index in [0.717, 1.165) is 116 Å². The molecule has 0 bridgehead atoms. The second-order valence-electron chi connectivity index (χ2n) is 23.4. The molecule has 0 heterocycles. The van der Waals surface area contributed by atoms with E-state index in [9.17, 15) is 14.4 Å². The highest BCUT2D eigenvalue weighted by molar-refractivity contribution is 5.71. The van der Waals surface area contributed by atoms with Crippen LogP contribution in [0.15, 0.2) is 97.2 Å². The van der Waals surface area contributed by atoms with Crippen LogP contribution >= 0.6 is 0 Å². The largest absolute Gasteiger partial charge is 0.462 e. The van der Waals surface area contributed by atoms with Gasteiger partial charge in [0.1, 0.15) is 13.2 Å². The van der Waals surface area contributed by atoms with Crippen LogP contribution in [0.5, 0.6) is 0 Å². The van der Waals surface area contributed by atoms with E-state index < -0.39 is 6.10 Å². The summed E-state index contributed by atoms with van der Waals surface area (Å²) >= 11 is 0. The maximum atomic E-state index is 13.0. The van der Waals surface area contributed by atoms with Crippen LogP contribution in [-0.4, -0.2) is 37.2 Å². The Hall–Kier alpha value is -3.67. The molecule has 0 aliphatic carbocycles. The topological polar surface area (TPSA) is 78.9 Å². The zero-order valence-corrected chi connectivity index (χ0v) is 54.2. The monoisotopic (exact) mass is 1140 g/mol. The van der Waals surface area contributed by atoms with Gasteiger partial charge in [0.15, 0.2) is 6.10 Å². The van der Waals surface area contributed by atoms with Gasteiger partial charge < -0.3 is 14.2 Å². The van der Waals surface area contributed by atoms with Crippen molar-refractivity contribution in [1.82, 2.24) is 0 Å². The molecular weight excluding hydrogens is 1010 g/mol. The van der Waals surface area contributed by atoms with Crippen LogP contribution in [0.1, 0.15) is 348 Å². The molecule has 0 aliphatic rings. The van der Waals surface area contributed by atoms with Crippen molar-refractivity contribution >= 4 is 17.9 Å². The van der Waals surface area contributed by atoms with Gasteiger partial charge in [-0.15, -0.1) is 0 Å². The van der Waals surface area contributed by atoms with Gasteiger partial charge in [0.2, 0.25) is 0 Å². The second-order valence-corrected chi connectivity index (χ2v) is 23.4. The van der Waals surface area contributed by atoms with E-state index in [0.29, 0.717) is 19.3 Å². The predicted molar refractivity (Wildman–Crippen MR) is 357 cm³/mol. The highest BCUT2D eigenvalue weighted by Gasteiger charge is 2.19. The van der Waals surface area contributed by atoms with Crippen molar-refractivity contribution in [1.29, 1.82) is 0 Å². The molecule has 0 fully saturated rings. The zero-order chi connectivity index (χ0) is 59.2. The van der Waals surface area contributed by atoms with Crippen LogP contribution in [-0.2, 0) is 28.6 Å². The Labute approximate surface area is 508 Å². The molecule has 0 saturated carbocycles.